The number of rotatable bonds is 8. The van der Waals surface area contributed by atoms with Crippen molar-refractivity contribution in [3.05, 3.63) is 11.9 Å². The molecule has 1 atom stereocenters. The summed E-state index contributed by atoms with van der Waals surface area (Å²) in [5.74, 6) is 9.29. The molecule has 1 unspecified atom stereocenters. The molecule has 5 nitrogen and oxygen atoms in total. The average Bonchev–Trinajstić information content (AvgIpc) is 2.38. The van der Waals surface area contributed by atoms with Gasteiger partial charge in [0, 0.05) is 17.4 Å². The van der Waals surface area contributed by atoms with E-state index in [1.807, 2.05) is 11.8 Å². The summed E-state index contributed by atoms with van der Waals surface area (Å²) in [5.41, 5.74) is 3.71. The number of thioether (sulfide) groups is 1. The van der Waals surface area contributed by atoms with Crippen molar-refractivity contribution in [3.63, 3.8) is 0 Å². The maximum atomic E-state index is 5.49. The molecule has 0 aliphatic carbocycles. The van der Waals surface area contributed by atoms with Gasteiger partial charge in [0.05, 0.1) is 0 Å². The van der Waals surface area contributed by atoms with Crippen molar-refractivity contribution in [3.8, 4) is 0 Å². The van der Waals surface area contributed by atoms with Gasteiger partial charge in [0.15, 0.2) is 0 Å². The lowest BCUT2D eigenvalue weighted by molar-refractivity contribution is 0.862. The number of hydrogen-bond acceptors (Lipinski definition) is 6. The van der Waals surface area contributed by atoms with E-state index in [-0.39, 0.29) is 0 Å². The Labute approximate surface area is 113 Å². The molecule has 102 valence electrons. The smallest absolute Gasteiger partial charge is 0.148 e. The van der Waals surface area contributed by atoms with Crippen molar-refractivity contribution in [2.75, 3.05) is 22.2 Å². The summed E-state index contributed by atoms with van der Waals surface area (Å²) in [6, 6.07) is 0.381. The number of hydrogen-bond donors (Lipinski definition) is 3. The monoisotopic (exact) mass is 269 g/mol. The molecule has 1 aromatic rings. The highest BCUT2D eigenvalue weighted by Crippen LogP contribution is 2.21. The van der Waals surface area contributed by atoms with Gasteiger partial charge in [-0.25, -0.2) is 15.8 Å². The quantitative estimate of drug-likeness (QED) is 0.496. The Morgan fingerprint density at radius 3 is 2.67 bits per heavy atom. The van der Waals surface area contributed by atoms with Crippen LogP contribution in [0.5, 0.6) is 0 Å². The molecule has 0 radical (unpaired) electrons. The number of aromatic nitrogens is 2. The molecule has 0 saturated heterocycles. The summed E-state index contributed by atoms with van der Waals surface area (Å²) in [4.78, 5) is 8.48. The number of anilines is 2. The summed E-state index contributed by atoms with van der Waals surface area (Å²) < 4.78 is 0. The van der Waals surface area contributed by atoms with Crippen LogP contribution in [-0.4, -0.2) is 27.5 Å². The van der Waals surface area contributed by atoms with E-state index in [1.54, 1.807) is 0 Å². The van der Waals surface area contributed by atoms with E-state index in [0.29, 0.717) is 11.9 Å². The Morgan fingerprint density at radius 1 is 1.33 bits per heavy atom. The number of nitrogens with two attached hydrogens (primary N) is 1. The van der Waals surface area contributed by atoms with Gasteiger partial charge in [-0.2, -0.15) is 11.8 Å². The molecule has 4 N–H and O–H groups in total. The molecule has 0 amide bonds. The molecule has 0 fully saturated rings. The largest absolute Gasteiger partial charge is 0.366 e. The van der Waals surface area contributed by atoms with Crippen LogP contribution in [0.1, 0.15) is 32.8 Å². The van der Waals surface area contributed by atoms with Gasteiger partial charge in [-0.1, -0.05) is 20.3 Å². The van der Waals surface area contributed by atoms with Crippen LogP contribution < -0.4 is 16.6 Å². The molecule has 0 aliphatic rings. The van der Waals surface area contributed by atoms with Gasteiger partial charge in [-0.05, 0) is 19.1 Å². The van der Waals surface area contributed by atoms with Crippen LogP contribution in [0.2, 0.25) is 0 Å². The average molecular weight is 269 g/mol. The van der Waals surface area contributed by atoms with Crippen LogP contribution in [0.15, 0.2) is 6.33 Å². The van der Waals surface area contributed by atoms with Gasteiger partial charge in [-0.15, -0.1) is 0 Å². The molecule has 18 heavy (non-hydrogen) atoms. The maximum absolute atomic E-state index is 5.49. The normalized spacial score (nSPS) is 12.2. The molecule has 0 saturated carbocycles. The standard InChI is InChI=1S/C12H23N5S/c1-4-6-10-11(14-8-15-12(10)17-13)16-9(3)7-18-5-2/h8-9H,4-7,13H2,1-3H3,(H2,14,15,16,17). The van der Waals surface area contributed by atoms with Gasteiger partial charge in [-0.3, -0.25) is 0 Å². The summed E-state index contributed by atoms with van der Waals surface area (Å²) in [5, 5.41) is 3.44. The Balaban J connectivity index is 2.79. The molecule has 1 aromatic heterocycles. The highest BCUT2D eigenvalue weighted by Gasteiger charge is 2.12. The molecular formula is C12H23N5S. The summed E-state index contributed by atoms with van der Waals surface area (Å²) in [6.45, 7) is 6.46. The third-order valence-corrected chi connectivity index (χ3v) is 3.68. The third kappa shape index (κ3) is 4.34. The van der Waals surface area contributed by atoms with Crippen LogP contribution in [-0.2, 0) is 6.42 Å². The molecule has 0 aromatic carbocycles. The molecule has 1 heterocycles. The Morgan fingerprint density at radius 2 is 2.06 bits per heavy atom. The van der Waals surface area contributed by atoms with Crippen molar-refractivity contribution in [2.45, 2.75) is 39.7 Å². The van der Waals surface area contributed by atoms with Crippen molar-refractivity contribution in [1.82, 2.24) is 9.97 Å². The first-order valence-corrected chi connectivity index (χ1v) is 7.53. The highest BCUT2D eigenvalue weighted by molar-refractivity contribution is 7.99. The molecule has 0 bridgehead atoms. The van der Waals surface area contributed by atoms with Gasteiger partial charge in [0.25, 0.3) is 0 Å². The predicted molar refractivity (Wildman–Crippen MR) is 79.9 cm³/mol. The SMILES string of the molecule is CCCc1c(NN)ncnc1NC(C)CSCC. The van der Waals surface area contributed by atoms with Crippen molar-refractivity contribution in [1.29, 1.82) is 0 Å². The van der Waals surface area contributed by atoms with Crippen molar-refractivity contribution in [2.24, 2.45) is 5.84 Å². The summed E-state index contributed by atoms with van der Waals surface area (Å²) >= 11 is 1.92. The fourth-order valence-electron chi connectivity index (χ4n) is 1.72. The minimum atomic E-state index is 0.381. The minimum absolute atomic E-state index is 0.381. The summed E-state index contributed by atoms with van der Waals surface area (Å²) in [7, 11) is 0. The van der Waals surface area contributed by atoms with E-state index in [0.717, 1.165) is 35.7 Å². The van der Waals surface area contributed by atoms with Gasteiger partial charge < -0.3 is 10.7 Å². The number of nitrogens with zero attached hydrogens (tertiary/aromatic N) is 2. The van der Waals surface area contributed by atoms with Crippen LogP contribution in [0, 0.1) is 0 Å². The second kappa shape index (κ2) is 8.16. The van der Waals surface area contributed by atoms with E-state index in [2.05, 4.69) is 41.5 Å². The maximum Gasteiger partial charge on any atom is 0.148 e. The first kappa shape index (κ1) is 15.0. The van der Waals surface area contributed by atoms with E-state index in [9.17, 15) is 0 Å². The molecule has 0 spiro atoms. The fraction of sp³-hybridized carbons (Fsp3) is 0.667. The summed E-state index contributed by atoms with van der Waals surface area (Å²) in [6.07, 6.45) is 3.49. The Kier molecular flexibility index (Phi) is 6.82. The third-order valence-electron chi connectivity index (χ3n) is 2.54. The number of nitrogen functional groups attached to an aromatic ring is 1. The lowest BCUT2D eigenvalue weighted by Crippen LogP contribution is -2.21. The lowest BCUT2D eigenvalue weighted by Gasteiger charge is -2.18. The van der Waals surface area contributed by atoms with Crippen LogP contribution >= 0.6 is 11.8 Å². The zero-order valence-corrected chi connectivity index (χ0v) is 12.2. The second-order valence-corrected chi connectivity index (χ2v) is 5.47. The van der Waals surface area contributed by atoms with E-state index < -0.39 is 0 Å². The van der Waals surface area contributed by atoms with Crippen LogP contribution in [0.4, 0.5) is 11.6 Å². The second-order valence-electron chi connectivity index (χ2n) is 4.15. The van der Waals surface area contributed by atoms with E-state index >= 15 is 0 Å². The molecular weight excluding hydrogens is 246 g/mol. The zero-order chi connectivity index (χ0) is 13.4. The molecule has 6 heteroatoms. The van der Waals surface area contributed by atoms with Gasteiger partial charge in [0.2, 0.25) is 0 Å². The van der Waals surface area contributed by atoms with Crippen LogP contribution in [0.25, 0.3) is 0 Å². The zero-order valence-electron chi connectivity index (χ0n) is 11.4. The number of hydrazine groups is 1. The van der Waals surface area contributed by atoms with Gasteiger partial charge >= 0.3 is 0 Å². The fourth-order valence-corrected chi connectivity index (χ4v) is 2.39. The Hall–Kier alpha value is -1.01. The van der Waals surface area contributed by atoms with E-state index in [4.69, 9.17) is 5.84 Å². The van der Waals surface area contributed by atoms with Crippen molar-refractivity contribution >= 4 is 23.4 Å². The first-order chi connectivity index (χ1) is 8.72. The highest BCUT2D eigenvalue weighted by atomic mass is 32.2. The molecule has 1 rings (SSSR count). The van der Waals surface area contributed by atoms with Crippen molar-refractivity contribution < 1.29 is 0 Å². The molecule has 0 aliphatic heterocycles. The lowest BCUT2D eigenvalue weighted by atomic mass is 10.1. The topological polar surface area (TPSA) is 75.9 Å². The number of nitrogens with one attached hydrogen (secondary N) is 2. The Bertz CT molecular complexity index is 358. The minimum Gasteiger partial charge on any atom is -0.366 e. The van der Waals surface area contributed by atoms with Crippen LogP contribution in [0.3, 0.4) is 0 Å². The first-order valence-electron chi connectivity index (χ1n) is 6.37. The van der Waals surface area contributed by atoms with E-state index in [1.165, 1.54) is 6.33 Å². The van der Waals surface area contributed by atoms with Gasteiger partial charge in [0.1, 0.15) is 18.0 Å². The predicted octanol–water partition coefficient (Wildman–Crippen LogP) is 2.27.